The number of nitrogens with zero attached hydrogens (tertiary/aromatic N) is 4. The van der Waals surface area contributed by atoms with Gasteiger partial charge in [-0.1, -0.05) is 12.1 Å². The molecule has 0 atom stereocenters. The lowest BCUT2D eigenvalue weighted by molar-refractivity contribution is 0.504. The van der Waals surface area contributed by atoms with Crippen LogP contribution in [0.25, 0.3) is 0 Å². The Kier molecular flexibility index (Phi) is 5.08. The van der Waals surface area contributed by atoms with Crippen molar-refractivity contribution in [2.75, 3.05) is 7.05 Å². The molecule has 1 aromatic heterocycles. The minimum absolute atomic E-state index is 0.183. The average molecular weight is 330 g/mol. The van der Waals surface area contributed by atoms with Gasteiger partial charge in [-0.05, 0) is 37.0 Å². The summed E-state index contributed by atoms with van der Waals surface area (Å²) in [7, 11) is 1.73. The summed E-state index contributed by atoms with van der Waals surface area (Å²) in [5, 5.41) is 15.0. The summed E-state index contributed by atoms with van der Waals surface area (Å²) < 4.78 is 15.5. The first-order valence-electron chi connectivity index (χ1n) is 8.28. The second-order valence-electron chi connectivity index (χ2n) is 6.00. The van der Waals surface area contributed by atoms with Crippen LogP contribution < -0.4 is 10.6 Å². The van der Waals surface area contributed by atoms with Gasteiger partial charge in [-0.15, -0.1) is 10.2 Å². The molecule has 0 aliphatic carbocycles. The number of guanidine groups is 1. The second-order valence-corrected chi connectivity index (χ2v) is 6.00. The summed E-state index contributed by atoms with van der Waals surface area (Å²) in [5.74, 6) is 2.51. The molecule has 0 unspecified atom stereocenters. The summed E-state index contributed by atoms with van der Waals surface area (Å²) in [5.41, 5.74) is 1.66. The molecule has 1 aromatic carbocycles. The minimum Gasteiger partial charge on any atom is -0.352 e. The molecule has 2 heterocycles. The van der Waals surface area contributed by atoms with E-state index in [2.05, 4.69) is 30.4 Å². The Morgan fingerprint density at radius 3 is 2.88 bits per heavy atom. The number of aryl methyl sites for hydroxylation is 2. The Morgan fingerprint density at radius 2 is 2.08 bits per heavy atom. The zero-order valence-electron chi connectivity index (χ0n) is 14.1. The summed E-state index contributed by atoms with van der Waals surface area (Å²) in [6.07, 6.45) is 3.37. The van der Waals surface area contributed by atoms with Crippen LogP contribution in [-0.2, 0) is 26.1 Å². The van der Waals surface area contributed by atoms with Gasteiger partial charge in [-0.3, -0.25) is 4.99 Å². The number of benzene rings is 1. The van der Waals surface area contributed by atoms with Crippen molar-refractivity contribution < 1.29 is 4.39 Å². The molecule has 6 nitrogen and oxygen atoms in total. The maximum Gasteiger partial charge on any atom is 0.191 e. The molecule has 0 amide bonds. The van der Waals surface area contributed by atoms with Gasteiger partial charge in [0.1, 0.15) is 11.6 Å². The van der Waals surface area contributed by atoms with Crippen molar-refractivity contribution in [2.24, 2.45) is 4.99 Å². The molecule has 3 rings (SSSR count). The summed E-state index contributed by atoms with van der Waals surface area (Å²) >= 11 is 0. The maximum atomic E-state index is 13.3. The molecule has 1 aliphatic heterocycles. The van der Waals surface area contributed by atoms with Crippen LogP contribution in [-0.4, -0.2) is 27.8 Å². The first-order valence-corrected chi connectivity index (χ1v) is 8.28. The number of halogens is 1. The molecule has 0 fully saturated rings. The highest BCUT2D eigenvalue weighted by molar-refractivity contribution is 5.79. The first-order chi connectivity index (χ1) is 11.7. The van der Waals surface area contributed by atoms with Gasteiger partial charge >= 0.3 is 0 Å². The monoisotopic (exact) mass is 330 g/mol. The molecule has 0 radical (unpaired) electrons. The van der Waals surface area contributed by atoms with Gasteiger partial charge < -0.3 is 15.2 Å². The molecule has 24 heavy (non-hydrogen) atoms. The van der Waals surface area contributed by atoms with Crippen LogP contribution in [0, 0.1) is 12.7 Å². The minimum atomic E-state index is -0.183. The topological polar surface area (TPSA) is 67.1 Å². The van der Waals surface area contributed by atoms with E-state index in [1.54, 1.807) is 20.0 Å². The number of aliphatic imine (C=N–C) groups is 1. The molecule has 0 saturated carbocycles. The SMILES string of the molecule is CN=C(NCc1ccc(F)c(C)c1)NCc1nnc2n1CCCC2. The van der Waals surface area contributed by atoms with Crippen molar-refractivity contribution in [1.82, 2.24) is 25.4 Å². The lowest BCUT2D eigenvalue weighted by atomic mass is 10.1. The molecule has 128 valence electrons. The lowest BCUT2D eigenvalue weighted by Gasteiger charge is -2.16. The van der Waals surface area contributed by atoms with Gasteiger partial charge in [0.2, 0.25) is 0 Å². The molecule has 2 aromatic rings. The number of rotatable bonds is 4. The van der Waals surface area contributed by atoms with E-state index >= 15 is 0 Å². The van der Waals surface area contributed by atoms with Gasteiger partial charge in [0, 0.05) is 26.6 Å². The van der Waals surface area contributed by atoms with Crippen LogP contribution in [0.3, 0.4) is 0 Å². The fourth-order valence-corrected chi connectivity index (χ4v) is 2.89. The number of fused-ring (bicyclic) bond motifs is 1. The highest BCUT2D eigenvalue weighted by Crippen LogP contribution is 2.14. The molecular weight excluding hydrogens is 307 g/mol. The van der Waals surface area contributed by atoms with Gasteiger partial charge in [0.25, 0.3) is 0 Å². The third-order valence-corrected chi connectivity index (χ3v) is 4.26. The van der Waals surface area contributed by atoms with Gasteiger partial charge in [0.15, 0.2) is 11.8 Å². The van der Waals surface area contributed by atoms with Crippen molar-refractivity contribution in [3.05, 3.63) is 46.8 Å². The zero-order valence-corrected chi connectivity index (χ0v) is 14.1. The van der Waals surface area contributed by atoms with Crippen molar-refractivity contribution in [3.8, 4) is 0 Å². The molecule has 0 saturated heterocycles. The average Bonchev–Trinajstić information content (AvgIpc) is 3.01. The Hall–Kier alpha value is -2.44. The van der Waals surface area contributed by atoms with E-state index in [9.17, 15) is 4.39 Å². The molecule has 7 heteroatoms. The van der Waals surface area contributed by atoms with Gasteiger partial charge in [-0.2, -0.15) is 0 Å². The normalized spacial score (nSPS) is 14.4. The molecule has 2 N–H and O–H groups in total. The zero-order chi connectivity index (χ0) is 16.9. The van der Waals surface area contributed by atoms with Crippen LogP contribution >= 0.6 is 0 Å². The van der Waals surface area contributed by atoms with Crippen LogP contribution in [0.4, 0.5) is 4.39 Å². The van der Waals surface area contributed by atoms with Gasteiger partial charge in [-0.25, -0.2) is 4.39 Å². The van der Waals surface area contributed by atoms with Crippen molar-refractivity contribution >= 4 is 5.96 Å². The Morgan fingerprint density at radius 1 is 1.25 bits per heavy atom. The van der Waals surface area contributed by atoms with Gasteiger partial charge in [0.05, 0.1) is 6.54 Å². The number of aromatic nitrogens is 3. The highest BCUT2D eigenvalue weighted by atomic mass is 19.1. The predicted molar refractivity (Wildman–Crippen MR) is 91.1 cm³/mol. The van der Waals surface area contributed by atoms with E-state index in [-0.39, 0.29) is 5.82 Å². The second kappa shape index (κ2) is 7.42. The van der Waals surface area contributed by atoms with E-state index in [1.165, 1.54) is 18.9 Å². The Bertz CT molecular complexity index is 737. The fraction of sp³-hybridized carbons (Fsp3) is 0.471. The smallest absolute Gasteiger partial charge is 0.191 e. The molecule has 0 spiro atoms. The van der Waals surface area contributed by atoms with E-state index in [0.717, 1.165) is 30.2 Å². The van der Waals surface area contributed by atoms with E-state index in [0.29, 0.717) is 24.6 Å². The van der Waals surface area contributed by atoms with Crippen molar-refractivity contribution in [2.45, 2.75) is 45.8 Å². The highest BCUT2D eigenvalue weighted by Gasteiger charge is 2.15. The standard InChI is InChI=1S/C17H23FN6/c1-12-9-13(6-7-14(12)18)10-20-17(19-2)21-11-16-23-22-15-5-3-4-8-24(15)16/h6-7,9H,3-5,8,10-11H2,1-2H3,(H2,19,20,21). The Labute approximate surface area is 141 Å². The quantitative estimate of drug-likeness (QED) is 0.664. The summed E-state index contributed by atoms with van der Waals surface area (Å²) in [6, 6.07) is 5.10. The molecule has 0 bridgehead atoms. The van der Waals surface area contributed by atoms with Crippen LogP contribution in [0.1, 0.15) is 35.6 Å². The van der Waals surface area contributed by atoms with E-state index < -0.39 is 0 Å². The van der Waals surface area contributed by atoms with Crippen LogP contribution in [0.5, 0.6) is 0 Å². The molecular formula is C17H23FN6. The summed E-state index contributed by atoms with van der Waals surface area (Å²) in [6.45, 7) is 3.91. The summed E-state index contributed by atoms with van der Waals surface area (Å²) in [4.78, 5) is 4.22. The number of nitrogens with one attached hydrogen (secondary N) is 2. The predicted octanol–water partition coefficient (Wildman–Crippen LogP) is 1.93. The third-order valence-electron chi connectivity index (χ3n) is 4.26. The van der Waals surface area contributed by atoms with E-state index in [4.69, 9.17) is 0 Å². The maximum absolute atomic E-state index is 13.3. The Balaban J connectivity index is 1.55. The van der Waals surface area contributed by atoms with Crippen LogP contribution in [0.2, 0.25) is 0 Å². The number of hydrogen-bond donors (Lipinski definition) is 2. The fourth-order valence-electron chi connectivity index (χ4n) is 2.89. The largest absolute Gasteiger partial charge is 0.352 e. The lowest BCUT2D eigenvalue weighted by Crippen LogP contribution is -2.37. The van der Waals surface area contributed by atoms with Crippen LogP contribution in [0.15, 0.2) is 23.2 Å². The van der Waals surface area contributed by atoms with E-state index in [1.807, 2.05) is 6.07 Å². The molecule has 1 aliphatic rings. The number of hydrogen-bond acceptors (Lipinski definition) is 3. The first kappa shape index (κ1) is 16.4. The third kappa shape index (κ3) is 3.72. The van der Waals surface area contributed by atoms with Crippen molar-refractivity contribution in [3.63, 3.8) is 0 Å². The van der Waals surface area contributed by atoms with Crippen molar-refractivity contribution in [1.29, 1.82) is 0 Å².